The fourth-order valence-corrected chi connectivity index (χ4v) is 1.40. The molecule has 1 aromatic rings. The summed E-state index contributed by atoms with van der Waals surface area (Å²) in [6.07, 6.45) is 0. The molecule has 74 valence electrons. The van der Waals surface area contributed by atoms with Crippen LogP contribution in [-0.2, 0) is 10.0 Å². The van der Waals surface area contributed by atoms with Crippen LogP contribution in [0.2, 0.25) is 0 Å². The maximum Gasteiger partial charge on any atom is 0.238 e. The Kier molecular flexibility index (Phi) is 2.42. The third-order valence-electron chi connectivity index (χ3n) is 1.55. The van der Waals surface area contributed by atoms with Crippen LogP contribution in [0.5, 0.6) is 0 Å². The molecule has 0 bridgehead atoms. The van der Waals surface area contributed by atoms with Gasteiger partial charge in [-0.15, -0.1) is 0 Å². The van der Waals surface area contributed by atoms with E-state index in [0.717, 1.165) is 6.07 Å². The van der Waals surface area contributed by atoms with E-state index in [0.29, 0.717) is 6.07 Å². The molecule has 0 aromatic heterocycles. The first-order valence-electron chi connectivity index (χ1n) is 3.38. The summed E-state index contributed by atoms with van der Waals surface area (Å²) in [6.45, 7) is 0. The van der Waals surface area contributed by atoms with Gasteiger partial charge in [-0.1, -0.05) is 0 Å². The Balaban J connectivity index is 3.56. The molecular weight excluding hydrogens is 209 g/mol. The van der Waals surface area contributed by atoms with Gasteiger partial charge in [0.2, 0.25) is 10.0 Å². The molecule has 1 aromatic carbocycles. The lowest BCUT2D eigenvalue weighted by molar-refractivity contribution is 0.593. The van der Waals surface area contributed by atoms with Crippen molar-refractivity contribution in [3.05, 3.63) is 23.5 Å². The zero-order valence-corrected chi connectivity index (χ0v) is 7.68. The van der Waals surface area contributed by atoms with Gasteiger partial charge in [-0.3, -0.25) is 0 Å². The second-order valence-electron chi connectivity index (χ2n) is 2.52. The summed E-state index contributed by atoms with van der Waals surface area (Å²) < 4.78 is 34.6. The summed E-state index contributed by atoms with van der Waals surface area (Å²) in [5.74, 6) is -0.979. The zero-order valence-electron chi connectivity index (χ0n) is 6.86. The van der Waals surface area contributed by atoms with Gasteiger partial charge in [0.25, 0.3) is 0 Å². The van der Waals surface area contributed by atoms with E-state index in [4.69, 9.17) is 16.1 Å². The van der Waals surface area contributed by atoms with Crippen LogP contribution in [0.15, 0.2) is 17.0 Å². The van der Waals surface area contributed by atoms with Gasteiger partial charge in [0.15, 0.2) is 0 Å². The van der Waals surface area contributed by atoms with Gasteiger partial charge < -0.3 is 5.73 Å². The highest BCUT2D eigenvalue weighted by molar-refractivity contribution is 7.89. The largest absolute Gasteiger partial charge is 0.395 e. The fourth-order valence-electron chi connectivity index (χ4n) is 0.850. The fraction of sp³-hybridized carbons (Fsp3) is 0. The highest BCUT2D eigenvalue weighted by Gasteiger charge is 2.14. The highest BCUT2D eigenvalue weighted by Crippen LogP contribution is 2.20. The van der Waals surface area contributed by atoms with Crippen molar-refractivity contribution in [3.8, 4) is 6.07 Å². The molecule has 0 aliphatic carbocycles. The normalized spacial score (nSPS) is 10.9. The van der Waals surface area contributed by atoms with Crippen molar-refractivity contribution >= 4 is 15.7 Å². The lowest BCUT2D eigenvalue weighted by Gasteiger charge is -2.02. The lowest BCUT2D eigenvalue weighted by atomic mass is 10.2. The number of anilines is 1. The second-order valence-corrected chi connectivity index (χ2v) is 4.08. The van der Waals surface area contributed by atoms with E-state index >= 15 is 0 Å². The minimum Gasteiger partial charge on any atom is -0.395 e. The minimum absolute atomic E-state index is 0.256. The number of nitriles is 1. The van der Waals surface area contributed by atoms with E-state index in [2.05, 4.69) is 0 Å². The van der Waals surface area contributed by atoms with Gasteiger partial charge in [-0.25, -0.2) is 17.9 Å². The summed E-state index contributed by atoms with van der Waals surface area (Å²) in [6, 6.07) is 3.16. The van der Waals surface area contributed by atoms with Gasteiger partial charge in [-0.05, 0) is 12.1 Å². The van der Waals surface area contributed by atoms with Crippen molar-refractivity contribution in [2.24, 2.45) is 5.14 Å². The van der Waals surface area contributed by atoms with Crippen LogP contribution in [0.4, 0.5) is 10.1 Å². The molecule has 1 rings (SSSR count). The molecule has 0 aliphatic rings. The average Bonchev–Trinajstić information content (AvgIpc) is 2.07. The summed E-state index contributed by atoms with van der Waals surface area (Å²) in [5.41, 5.74) is 4.53. The molecule has 0 spiro atoms. The third-order valence-corrected chi connectivity index (χ3v) is 2.44. The van der Waals surface area contributed by atoms with Crippen LogP contribution in [0.25, 0.3) is 0 Å². The van der Waals surface area contributed by atoms with Crippen molar-refractivity contribution in [3.63, 3.8) is 0 Å². The van der Waals surface area contributed by atoms with Crippen LogP contribution in [-0.4, -0.2) is 8.42 Å². The van der Waals surface area contributed by atoms with Crippen LogP contribution in [0.3, 0.4) is 0 Å². The number of hydrogen-bond acceptors (Lipinski definition) is 4. The standard InChI is InChI=1S/C7H6FN3O2S/c8-6-2-5(14(11,12)13)1-4(3-9)7(6)10/h1-2H,10H2,(H2,11,12,13). The summed E-state index contributed by atoms with van der Waals surface area (Å²) in [5, 5.41) is 13.3. The van der Waals surface area contributed by atoms with E-state index in [-0.39, 0.29) is 11.3 Å². The molecule has 0 radical (unpaired) electrons. The Morgan fingerprint density at radius 2 is 2.00 bits per heavy atom. The molecule has 5 nitrogen and oxygen atoms in total. The number of nitrogens with zero attached hydrogens (tertiary/aromatic N) is 1. The van der Waals surface area contributed by atoms with E-state index in [1.54, 1.807) is 6.07 Å². The Labute approximate surface area is 79.8 Å². The first kappa shape index (κ1) is 10.4. The van der Waals surface area contributed by atoms with Gasteiger partial charge in [0.05, 0.1) is 16.1 Å². The molecule has 7 heteroatoms. The maximum absolute atomic E-state index is 13.0. The number of nitrogens with two attached hydrogens (primary N) is 2. The molecule has 4 N–H and O–H groups in total. The highest BCUT2D eigenvalue weighted by atomic mass is 32.2. The molecule has 0 saturated carbocycles. The number of nitrogen functional groups attached to an aromatic ring is 1. The van der Waals surface area contributed by atoms with Crippen molar-refractivity contribution in [1.29, 1.82) is 5.26 Å². The molecular formula is C7H6FN3O2S. The molecule has 0 amide bonds. The SMILES string of the molecule is N#Cc1cc(S(N)(=O)=O)cc(F)c1N. The van der Waals surface area contributed by atoms with Crippen LogP contribution in [0, 0.1) is 17.1 Å². The summed E-state index contributed by atoms with van der Waals surface area (Å²) in [7, 11) is -4.02. The Bertz CT molecular complexity index is 518. The van der Waals surface area contributed by atoms with E-state index in [1.807, 2.05) is 0 Å². The quantitative estimate of drug-likeness (QED) is 0.638. The van der Waals surface area contributed by atoms with Gasteiger partial charge in [0.1, 0.15) is 11.9 Å². The van der Waals surface area contributed by atoms with Gasteiger partial charge in [0, 0.05) is 0 Å². The third kappa shape index (κ3) is 1.81. The summed E-state index contributed by atoms with van der Waals surface area (Å²) >= 11 is 0. The molecule has 0 aliphatic heterocycles. The zero-order chi connectivity index (χ0) is 10.9. The predicted molar refractivity (Wildman–Crippen MR) is 46.9 cm³/mol. The lowest BCUT2D eigenvalue weighted by Crippen LogP contribution is -2.13. The number of primary sulfonamides is 1. The Hall–Kier alpha value is -1.65. The van der Waals surface area contributed by atoms with Crippen LogP contribution >= 0.6 is 0 Å². The van der Waals surface area contributed by atoms with Crippen molar-refractivity contribution in [1.82, 2.24) is 0 Å². The number of halogens is 1. The van der Waals surface area contributed by atoms with Crippen molar-refractivity contribution in [2.75, 3.05) is 5.73 Å². The minimum atomic E-state index is -4.02. The molecule has 0 atom stereocenters. The number of sulfonamides is 1. The smallest absolute Gasteiger partial charge is 0.238 e. The topological polar surface area (TPSA) is 110 Å². The molecule has 0 fully saturated rings. The predicted octanol–water partition coefficient (Wildman–Crippen LogP) is -0.0730. The molecule has 0 heterocycles. The van der Waals surface area contributed by atoms with Crippen molar-refractivity contribution < 1.29 is 12.8 Å². The summed E-state index contributed by atoms with van der Waals surface area (Å²) in [4.78, 5) is -0.472. The maximum atomic E-state index is 13.0. The van der Waals surface area contributed by atoms with Gasteiger partial charge in [-0.2, -0.15) is 5.26 Å². The van der Waals surface area contributed by atoms with E-state index < -0.39 is 20.7 Å². The first-order chi connectivity index (χ1) is 6.36. The number of rotatable bonds is 1. The van der Waals surface area contributed by atoms with E-state index in [9.17, 15) is 12.8 Å². The van der Waals surface area contributed by atoms with E-state index in [1.165, 1.54) is 0 Å². The van der Waals surface area contributed by atoms with Crippen LogP contribution in [0.1, 0.15) is 5.56 Å². The number of hydrogen-bond donors (Lipinski definition) is 2. The second kappa shape index (κ2) is 3.25. The first-order valence-corrected chi connectivity index (χ1v) is 4.93. The monoisotopic (exact) mass is 215 g/mol. The average molecular weight is 215 g/mol. The Morgan fingerprint density at radius 1 is 1.43 bits per heavy atom. The molecule has 0 unspecified atom stereocenters. The van der Waals surface area contributed by atoms with Crippen LogP contribution < -0.4 is 10.9 Å². The molecule has 14 heavy (non-hydrogen) atoms. The number of benzene rings is 1. The van der Waals surface area contributed by atoms with Gasteiger partial charge >= 0.3 is 0 Å². The molecule has 0 saturated heterocycles. The van der Waals surface area contributed by atoms with Crippen molar-refractivity contribution in [2.45, 2.75) is 4.90 Å². The Morgan fingerprint density at radius 3 is 2.43 bits per heavy atom.